The summed E-state index contributed by atoms with van der Waals surface area (Å²) in [5.41, 5.74) is 5.75. The molecule has 0 aliphatic carbocycles. The third kappa shape index (κ3) is 8.74. The van der Waals surface area contributed by atoms with Crippen molar-refractivity contribution in [2.24, 2.45) is 0 Å². The van der Waals surface area contributed by atoms with Crippen LogP contribution in [0, 0.1) is 0 Å². The number of rotatable bonds is 6. The minimum atomic E-state index is 0. The molecule has 6 aromatic rings. The molecule has 0 saturated carbocycles. The third-order valence-corrected chi connectivity index (χ3v) is 6.59. The molecule has 0 saturated heterocycles. The second kappa shape index (κ2) is 17.1. The first-order valence-electron chi connectivity index (χ1n) is 12.6. The molecule has 0 amide bonds. The van der Waals surface area contributed by atoms with E-state index >= 15 is 0 Å². The maximum absolute atomic E-state index is 3.34. The van der Waals surface area contributed by atoms with Crippen LogP contribution >= 0.6 is 0 Å². The minimum Gasteiger partial charge on any atom is -1.00 e. The van der Waals surface area contributed by atoms with E-state index < -0.39 is 0 Å². The molecule has 0 radical (unpaired) electrons. The Morgan fingerprint density at radius 1 is 0.447 bits per heavy atom. The van der Waals surface area contributed by atoms with E-state index in [0.29, 0.717) is 0 Å². The van der Waals surface area contributed by atoms with Crippen molar-refractivity contribution < 1.29 is 49.0 Å². The summed E-state index contributed by atoms with van der Waals surface area (Å²) < 4.78 is 3.34. The fourth-order valence-corrected chi connectivity index (χ4v) is 4.71. The fourth-order valence-electron chi connectivity index (χ4n) is 4.71. The molecule has 192 valence electrons. The Morgan fingerprint density at radius 2 is 0.789 bits per heavy atom. The average molecular weight is 615 g/mol. The van der Waals surface area contributed by atoms with Crippen molar-refractivity contribution in [1.29, 1.82) is 0 Å². The molecular formula is C35H32Cl2Zr-2. The van der Waals surface area contributed by atoms with Gasteiger partial charge in [0.25, 0.3) is 0 Å². The van der Waals surface area contributed by atoms with Gasteiger partial charge in [0.2, 0.25) is 0 Å². The number of fused-ring (bicyclic) bond motifs is 2. The zero-order valence-corrected chi connectivity index (χ0v) is 25.5. The van der Waals surface area contributed by atoms with Crippen molar-refractivity contribution in [2.75, 3.05) is 0 Å². The molecular weight excluding hydrogens is 583 g/mol. The van der Waals surface area contributed by atoms with Gasteiger partial charge >= 0.3 is 28.4 Å². The first kappa shape index (κ1) is 31.6. The number of hydrogen-bond acceptors (Lipinski definition) is 0. The average Bonchev–Trinajstić information content (AvgIpc) is 3.57. The van der Waals surface area contributed by atoms with Crippen molar-refractivity contribution in [3.05, 3.63) is 156 Å². The molecule has 0 aliphatic rings. The molecule has 0 aromatic heterocycles. The van der Waals surface area contributed by atoms with E-state index in [4.69, 9.17) is 0 Å². The number of benzene rings is 4. The Morgan fingerprint density at radius 3 is 1.18 bits per heavy atom. The molecule has 0 unspecified atom stereocenters. The maximum atomic E-state index is 3.34. The Hall–Kier alpha value is -2.57. The summed E-state index contributed by atoms with van der Waals surface area (Å²) in [5, 5.41) is 5.53. The number of aryl methyl sites for hydroxylation is 4. The van der Waals surface area contributed by atoms with Crippen LogP contribution in [-0.4, -0.2) is 4.21 Å². The van der Waals surface area contributed by atoms with E-state index in [2.05, 4.69) is 138 Å². The van der Waals surface area contributed by atoms with Gasteiger partial charge in [-0.25, -0.2) is 0 Å². The molecule has 0 atom stereocenters. The second-order valence-electron chi connectivity index (χ2n) is 8.86. The van der Waals surface area contributed by atoms with Crippen LogP contribution in [0.25, 0.3) is 21.5 Å². The minimum absolute atomic E-state index is 0. The smallest absolute Gasteiger partial charge is 0.0326 e. The predicted molar refractivity (Wildman–Crippen MR) is 154 cm³/mol. The first-order chi connectivity index (χ1) is 17.9. The van der Waals surface area contributed by atoms with Crippen LogP contribution < -0.4 is 24.8 Å². The van der Waals surface area contributed by atoms with E-state index in [-0.39, 0.29) is 24.8 Å². The maximum Gasteiger partial charge on any atom is -0.0326 e. The van der Waals surface area contributed by atoms with Crippen LogP contribution in [0.2, 0.25) is 0 Å². The molecule has 0 bridgehead atoms. The summed E-state index contributed by atoms with van der Waals surface area (Å²) in [7, 11) is 0. The summed E-state index contributed by atoms with van der Waals surface area (Å²) in [6.07, 6.45) is 4.48. The van der Waals surface area contributed by atoms with Crippen LogP contribution in [0.1, 0.15) is 22.3 Å². The van der Waals surface area contributed by atoms with E-state index in [1.54, 1.807) is 0 Å². The van der Waals surface area contributed by atoms with E-state index in [9.17, 15) is 0 Å². The zero-order chi connectivity index (χ0) is 25.0. The van der Waals surface area contributed by atoms with Crippen LogP contribution in [-0.2, 0) is 49.9 Å². The summed E-state index contributed by atoms with van der Waals surface area (Å²) in [4.78, 5) is 0. The van der Waals surface area contributed by atoms with Gasteiger partial charge in [-0.05, 0) is 24.0 Å². The van der Waals surface area contributed by atoms with Crippen LogP contribution in [0.15, 0.2) is 133 Å². The van der Waals surface area contributed by atoms with Gasteiger partial charge in [0.1, 0.15) is 0 Å². The van der Waals surface area contributed by atoms with Crippen LogP contribution in [0.3, 0.4) is 0 Å². The zero-order valence-electron chi connectivity index (χ0n) is 21.5. The van der Waals surface area contributed by atoms with Crippen molar-refractivity contribution in [3.8, 4) is 0 Å². The molecule has 0 N–H and O–H groups in total. The second-order valence-corrected chi connectivity index (χ2v) is 8.86. The Kier molecular flexibility index (Phi) is 14.2. The van der Waals surface area contributed by atoms with Gasteiger partial charge in [0.15, 0.2) is 0 Å². The van der Waals surface area contributed by atoms with Gasteiger partial charge in [-0.3, -0.25) is 0 Å². The molecule has 0 aliphatic heterocycles. The van der Waals surface area contributed by atoms with Crippen molar-refractivity contribution in [3.63, 3.8) is 0 Å². The molecule has 6 rings (SSSR count). The quantitative estimate of drug-likeness (QED) is 0.253. The van der Waals surface area contributed by atoms with Gasteiger partial charge in [0, 0.05) is 0 Å². The molecule has 0 nitrogen and oxygen atoms in total. The van der Waals surface area contributed by atoms with Gasteiger partial charge in [-0.2, -0.15) is 11.1 Å². The van der Waals surface area contributed by atoms with Crippen molar-refractivity contribution in [2.45, 2.75) is 25.7 Å². The molecule has 0 heterocycles. The van der Waals surface area contributed by atoms with Gasteiger partial charge in [-0.15, -0.1) is 82.2 Å². The van der Waals surface area contributed by atoms with Crippen molar-refractivity contribution in [1.82, 2.24) is 0 Å². The number of halogens is 2. The molecule has 3 heteroatoms. The van der Waals surface area contributed by atoms with E-state index in [1.807, 2.05) is 0 Å². The summed E-state index contributed by atoms with van der Waals surface area (Å²) in [6.45, 7) is 0. The van der Waals surface area contributed by atoms with Gasteiger partial charge in [-0.1, -0.05) is 85.6 Å². The summed E-state index contributed by atoms with van der Waals surface area (Å²) >= 11 is 1.30. The van der Waals surface area contributed by atoms with Gasteiger partial charge in [0.05, 0.1) is 0 Å². The first-order valence-corrected chi connectivity index (χ1v) is 14.3. The topological polar surface area (TPSA) is 0 Å². The summed E-state index contributed by atoms with van der Waals surface area (Å²) in [5.74, 6) is 0. The van der Waals surface area contributed by atoms with Gasteiger partial charge < -0.3 is 24.8 Å². The van der Waals surface area contributed by atoms with E-state index in [1.165, 1.54) is 68.0 Å². The largest absolute Gasteiger partial charge is 1.00 e. The van der Waals surface area contributed by atoms with Crippen LogP contribution in [0.5, 0.6) is 0 Å². The van der Waals surface area contributed by atoms with Crippen LogP contribution in [0.4, 0.5) is 0 Å². The molecule has 6 aromatic carbocycles. The molecule has 0 spiro atoms. The van der Waals surface area contributed by atoms with Crippen molar-refractivity contribution >= 4 is 25.8 Å². The fraction of sp³-hybridized carbons (Fsp3) is 0.114. The normalized spacial score (nSPS) is 9.84. The molecule has 38 heavy (non-hydrogen) atoms. The van der Waals surface area contributed by atoms with E-state index in [0.717, 1.165) is 25.7 Å². The third-order valence-electron chi connectivity index (χ3n) is 6.59. The summed E-state index contributed by atoms with van der Waals surface area (Å²) in [6, 6.07) is 47.6. The predicted octanol–water partition coefficient (Wildman–Crippen LogP) is 2.66. The SMILES string of the molecule is [CH2]=[Zr+2].[Cl-].[Cl-].c1ccc(CCc2c[cH-]c3ccccc23)cc1.c1ccc(CCc2c[cH-]c3ccccc23)cc1. The Labute approximate surface area is 254 Å². The monoisotopic (exact) mass is 612 g/mol. The standard InChI is InChI=1S/2C17H15.CH2.2ClH.Zr/c2*1-2-6-14(7-3-1)10-11-16-13-12-15-8-4-5-9-17(15)16;;;;/h2*1-9,12-13H,10-11H2;1H2;2*1H;/q2*-1;;;;+2/p-2. The number of hydrogen-bond donors (Lipinski definition) is 0. The Balaban J connectivity index is 0.000000239. The Bertz CT molecular complexity index is 1350. The molecule has 0 fully saturated rings.